The monoisotopic (exact) mass is 428 g/mol. The summed E-state index contributed by atoms with van der Waals surface area (Å²) in [6.45, 7) is 3.98. The number of pyridine rings is 1. The van der Waals surface area contributed by atoms with E-state index < -0.39 is 17.7 Å². The lowest BCUT2D eigenvalue weighted by Gasteiger charge is -2.24. The second kappa shape index (κ2) is 7.53. The van der Waals surface area contributed by atoms with E-state index in [0.717, 1.165) is 11.1 Å². The number of fused-ring (bicyclic) bond motifs is 1. The zero-order valence-corrected chi connectivity index (χ0v) is 17.5. The minimum absolute atomic E-state index is 0.00498. The third-order valence-corrected chi connectivity index (χ3v) is 5.83. The van der Waals surface area contributed by atoms with Gasteiger partial charge in [0.15, 0.2) is 11.5 Å². The Morgan fingerprint density at radius 3 is 2.56 bits per heavy atom. The summed E-state index contributed by atoms with van der Waals surface area (Å²) < 4.78 is 10.8. The molecule has 0 aliphatic carbocycles. The van der Waals surface area contributed by atoms with Crippen LogP contribution in [-0.4, -0.2) is 28.6 Å². The topological polar surface area (TPSA) is 89.0 Å². The van der Waals surface area contributed by atoms with Gasteiger partial charge >= 0.3 is 0 Å². The van der Waals surface area contributed by atoms with Crippen molar-refractivity contribution in [2.24, 2.45) is 0 Å². The normalized spacial score (nSPS) is 18.9. The third kappa shape index (κ3) is 3.10. The summed E-state index contributed by atoms with van der Waals surface area (Å²) in [7, 11) is 0. The van der Waals surface area contributed by atoms with Crippen LogP contribution in [0.4, 0.5) is 5.69 Å². The molecule has 1 amide bonds. The molecule has 7 heteroatoms. The van der Waals surface area contributed by atoms with E-state index in [4.69, 9.17) is 9.47 Å². The lowest BCUT2D eigenvalue weighted by molar-refractivity contribution is -0.132. The van der Waals surface area contributed by atoms with Crippen molar-refractivity contribution < 1.29 is 24.2 Å². The van der Waals surface area contributed by atoms with Crippen LogP contribution < -0.4 is 14.4 Å². The number of carbonyl (C=O) groups excluding carboxylic acids is 2. The van der Waals surface area contributed by atoms with Crippen LogP contribution >= 0.6 is 0 Å². The van der Waals surface area contributed by atoms with E-state index in [9.17, 15) is 14.7 Å². The van der Waals surface area contributed by atoms with Crippen molar-refractivity contribution in [3.63, 3.8) is 0 Å². The highest BCUT2D eigenvalue weighted by Crippen LogP contribution is 2.44. The van der Waals surface area contributed by atoms with E-state index in [1.165, 1.54) is 4.90 Å². The predicted octanol–water partition coefficient (Wildman–Crippen LogP) is 4.05. The van der Waals surface area contributed by atoms with Gasteiger partial charge in [0.1, 0.15) is 11.8 Å². The summed E-state index contributed by atoms with van der Waals surface area (Å²) in [6, 6.07) is 14.8. The summed E-state index contributed by atoms with van der Waals surface area (Å²) in [5.74, 6) is -0.697. The number of amides is 1. The number of aliphatic hydroxyl groups excluding tert-OH is 1. The Hall–Kier alpha value is -4.13. The molecule has 1 unspecified atom stereocenters. The van der Waals surface area contributed by atoms with Gasteiger partial charge in [-0.25, -0.2) is 0 Å². The Morgan fingerprint density at radius 2 is 1.81 bits per heavy atom. The molecular weight excluding hydrogens is 408 g/mol. The van der Waals surface area contributed by atoms with Gasteiger partial charge in [0.05, 0.1) is 11.3 Å². The van der Waals surface area contributed by atoms with Gasteiger partial charge < -0.3 is 14.6 Å². The minimum Gasteiger partial charge on any atom is -0.507 e. The standard InChI is InChI=1S/C25H20N2O5/c1-14-6-7-16(11-15(14)2)23(28)21-22(18-5-3-4-10-26-18)27(25(30)24(21)29)17-8-9-19-20(12-17)32-13-31-19/h3-12,22,28H,13H2,1-2H3/b23-21+. The molecule has 1 fully saturated rings. The average molecular weight is 428 g/mol. The van der Waals surface area contributed by atoms with E-state index in [1.54, 1.807) is 54.7 Å². The maximum absolute atomic E-state index is 13.2. The van der Waals surface area contributed by atoms with Crippen molar-refractivity contribution in [3.05, 3.63) is 88.8 Å². The molecule has 2 aromatic carbocycles. The number of rotatable bonds is 3. The number of aryl methyl sites for hydroxylation is 2. The molecule has 3 aromatic rings. The highest BCUT2D eigenvalue weighted by molar-refractivity contribution is 6.51. The van der Waals surface area contributed by atoms with Crippen LogP contribution in [0.3, 0.4) is 0 Å². The number of ketones is 1. The van der Waals surface area contributed by atoms with Gasteiger partial charge in [0, 0.05) is 23.5 Å². The number of ether oxygens (including phenoxy) is 2. The van der Waals surface area contributed by atoms with Gasteiger partial charge in [-0.3, -0.25) is 19.5 Å². The van der Waals surface area contributed by atoms with E-state index >= 15 is 0 Å². The van der Waals surface area contributed by atoms with Crippen molar-refractivity contribution in [1.29, 1.82) is 0 Å². The van der Waals surface area contributed by atoms with Gasteiger partial charge in [-0.1, -0.05) is 18.2 Å². The number of nitrogens with zero attached hydrogens (tertiary/aromatic N) is 2. The molecule has 0 radical (unpaired) electrons. The SMILES string of the molecule is Cc1ccc(/C(O)=C2\C(=O)C(=O)N(c3ccc4c(c3)OCO4)C2c2ccccn2)cc1C. The minimum atomic E-state index is -0.891. The smallest absolute Gasteiger partial charge is 0.300 e. The summed E-state index contributed by atoms with van der Waals surface area (Å²) >= 11 is 0. The number of hydrogen-bond acceptors (Lipinski definition) is 6. The lowest BCUT2D eigenvalue weighted by atomic mass is 9.96. The van der Waals surface area contributed by atoms with Crippen LogP contribution in [0, 0.1) is 13.8 Å². The molecule has 1 saturated heterocycles. The highest BCUT2D eigenvalue weighted by Gasteiger charge is 2.47. The number of carbonyl (C=O) groups is 2. The van der Waals surface area contributed by atoms with Crippen molar-refractivity contribution in [2.75, 3.05) is 11.7 Å². The lowest BCUT2D eigenvalue weighted by Crippen LogP contribution is -2.29. The molecule has 2 aliphatic heterocycles. The van der Waals surface area contributed by atoms with Gasteiger partial charge in [-0.15, -0.1) is 0 Å². The molecule has 160 valence electrons. The zero-order chi connectivity index (χ0) is 22.4. The molecule has 1 aromatic heterocycles. The maximum atomic E-state index is 13.2. The van der Waals surface area contributed by atoms with E-state index in [0.29, 0.717) is 28.4 Å². The van der Waals surface area contributed by atoms with Crippen LogP contribution in [0.2, 0.25) is 0 Å². The zero-order valence-electron chi connectivity index (χ0n) is 17.5. The molecule has 0 spiro atoms. The maximum Gasteiger partial charge on any atom is 0.300 e. The molecular formula is C25H20N2O5. The van der Waals surface area contributed by atoms with E-state index in [2.05, 4.69) is 4.98 Å². The highest BCUT2D eigenvalue weighted by atomic mass is 16.7. The number of anilines is 1. The molecule has 5 rings (SSSR count). The quantitative estimate of drug-likeness (QED) is 0.385. The molecule has 0 bridgehead atoms. The van der Waals surface area contributed by atoms with Crippen LogP contribution in [0.5, 0.6) is 11.5 Å². The Bertz CT molecular complexity index is 1280. The first-order valence-electron chi connectivity index (χ1n) is 10.1. The van der Waals surface area contributed by atoms with E-state index in [1.807, 2.05) is 19.9 Å². The Kier molecular flexibility index (Phi) is 4.66. The predicted molar refractivity (Wildman–Crippen MR) is 118 cm³/mol. The Morgan fingerprint density at radius 1 is 1.00 bits per heavy atom. The summed E-state index contributed by atoms with van der Waals surface area (Å²) in [5, 5.41) is 11.2. The molecule has 1 N–H and O–H groups in total. The summed E-state index contributed by atoms with van der Waals surface area (Å²) in [6.07, 6.45) is 1.59. The van der Waals surface area contributed by atoms with Crippen molar-refractivity contribution in [3.8, 4) is 11.5 Å². The molecule has 7 nitrogen and oxygen atoms in total. The van der Waals surface area contributed by atoms with Gasteiger partial charge in [-0.2, -0.15) is 0 Å². The summed E-state index contributed by atoms with van der Waals surface area (Å²) in [5.41, 5.74) is 3.41. The largest absolute Gasteiger partial charge is 0.507 e. The van der Waals surface area contributed by atoms with Crippen molar-refractivity contribution >= 4 is 23.1 Å². The molecule has 3 heterocycles. The number of aliphatic hydroxyl groups is 1. The van der Waals surface area contributed by atoms with Gasteiger partial charge in [0.2, 0.25) is 6.79 Å². The molecule has 2 aliphatic rings. The number of Topliss-reactive ketones (excluding diaryl/α,β-unsaturated/α-hetero) is 1. The van der Waals surface area contributed by atoms with Crippen molar-refractivity contribution in [1.82, 2.24) is 4.98 Å². The van der Waals surface area contributed by atoms with E-state index in [-0.39, 0.29) is 18.1 Å². The first-order valence-corrected chi connectivity index (χ1v) is 10.1. The summed E-state index contributed by atoms with van der Waals surface area (Å²) in [4.78, 5) is 32.1. The Balaban J connectivity index is 1.70. The third-order valence-electron chi connectivity index (χ3n) is 5.83. The second-order valence-corrected chi connectivity index (χ2v) is 7.76. The van der Waals surface area contributed by atoms with Crippen LogP contribution in [-0.2, 0) is 9.59 Å². The molecule has 1 atom stereocenters. The Labute approximate surface area is 184 Å². The van der Waals surface area contributed by atoms with Crippen LogP contribution in [0.25, 0.3) is 5.76 Å². The fraction of sp³-hybridized carbons (Fsp3) is 0.160. The van der Waals surface area contributed by atoms with Crippen molar-refractivity contribution in [2.45, 2.75) is 19.9 Å². The first-order chi connectivity index (χ1) is 15.5. The van der Waals surface area contributed by atoms with Crippen LogP contribution in [0.1, 0.15) is 28.4 Å². The first kappa shape index (κ1) is 19.8. The van der Waals surface area contributed by atoms with Gasteiger partial charge in [-0.05, 0) is 55.3 Å². The fourth-order valence-corrected chi connectivity index (χ4v) is 4.00. The van der Waals surface area contributed by atoms with Crippen LogP contribution in [0.15, 0.2) is 66.4 Å². The second-order valence-electron chi connectivity index (χ2n) is 7.76. The van der Waals surface area contributed by atoms with Gasteiger partial charge in [0.25, 0.3) is 11.7 Å². The fourth-order valence-electron chi connectivity index (χ4n) is 4.00. The number of benzene rings is 2. The molecule has 32 heavy (non-hydrogen) atoms. The average Bonchev–Trinajstić information content (AvgIpc) is 3.38. The number of hydrogen-bond donors (Lipinski definition) is 1. The number of aromatic nitrogens is 1. The molecule has 0 saturated carbocycles.